The Balaban J connectivity index is 1.97. The maximum absolute atomic E-state index is 15.3. The van der Waals surface area contributed by atoms with Gasteiger partial charge in [0.05, 0.1) is 18.0 Å². The highest BCUT2D eigenvalue weighted by molar-refractivity contribution is 6.00. The Morgan fingerprint density at radius 3 is 2.63 bits per heavy atom. The van der Waals surface area contributed by atoms with Gasteiger partial charge in [0, 0.05) is 44.8 Å². The number of nitrogens with zero attached hydrogens (tertiary/aromatic N) is 2. The van der Waals surface area contributed by atoms with Crippen LogP contribution in [0, 0.1) is 5.82 Å². The van der Waals surface area contributed by atoms with E-state index in [2.05, 4.69) is 10.1 Å². The normalized spacial score (nSPS) is 19.1. The van der Waals surface area contributed by atoms with E-state index in [0.717, 1.165) is 25.8 Å². The highest BCUT2D eigenvalue weighted by atomic mass is 19.1. The molecule has 1 atom stereocenters. The van der Waals surface area contributed by atoms with E-state index in [1.807, 2.05) is 11.8 Å². The lowest BCUT2D eigenvalue weighted by Gasteiger charge is -2.35. The van der Waals surface area contributed by atoms with Crippen molar-refractivity contribution in [3.8, 4) is 5.75 Å². The molecule has 160 valence electrons. The van der Waals surface area contributed by atoms with E-state index in [1.165, 1.54) is 13.3 Å². The molecule has 30 heavy (non-hydrogen) atoms. The van der Waals surface area contributed by atoms with Crippen LogP contribution in [0.15, 0.2) is 17.1 Å². The van der Waals surface area contributed by atoms with Gasteiger partial charge in [-0.2, -0.15) is 0 Å². The summed E-state index contributed by atoms with van der Waals surface area (Å²) in [5, 5.41) is 3.35. The summed E-state index contributed by atoms with van der Waals surface area (Å²) >= 11 is 0. The van der Waals surface area contributed by atoms with Crippen LogP contribution in [0.4, 0.5) is 10.1 Å². The third-order valence-electron chi connectivity index (χ3n) is 5.48. The van der Waals surface area contributed by atoms with Gasteiger partial charge in [-0.15, -0.1) is 0 Å². The molecule has 8 nitrogen and oxygen atoms in total. The average Bonchev–Trinajstić information content (AvgIpc) is 3.52. The number of halogens is 1. The van der Waals surface area contributed by atoms with E-state index < -0.39 is 23.2 Å². The zero-order chi connectivity index (χ0) is 21.6. The topological polar surface area (TPSA) is 89.9 Å². The maximum Gasteiger partial charge on any atom is 0.351 e. The van der Waals surface area contributed by atoms with Crippen molar-refractivity contribution in [3.05, 3.63) is 33.9 Å². The van der Waals surface area contributed by atoms with Gasteiger partial charge in [-0.1, -0.05) is 0 Å². The molecular formula is C21H24FN3O5. The van der Waals surface area contributed by atoms with Crippen LogP contribution < -0.4 is 20.4 Å². The van der Waals surface area contributed by atoms with Crippen molar-refractivity contribution >= 4 is 28.5 Å². The van der Waals surface area contributed by atoms with Crippen molar-refractivity contribution < 1.29 is 23.5 Å². The summed E-state index contributed by atoms with van der Waals surface area (Å²) < 4.78 is 27.3. The van der Waals surface area contributed by atoms with Crippen molar-refractivity contribution in [1.29, 1.82) is 0 Å². The molecule has 2 fully saturated rings. The highest BCUT2D eigenvalue weighted by Gasteiger charge is 2.32. The van der Waals surface area contributed by atoms with Gasteiger partial charge in [-0.05, 0) is 25.8 Å². The van der Waals surface area contributed by atoms with E-state index in [0.29, 0.717) is 30.8 Å². The zero-order valence-corrected chi connectivity index (χ0v) is 17.2. The Kier molecular flexibility index (Phi) is 5.23. The second-order valence-electron chi connectivity index (χ2n) is 7.83. The number of esters is 2. The van der Waals surface area contributed by atoms with Crippen LogP contribution >= 0.6 is 0 Å². The number of ether oxygens (including phenoxy) is 2. The first-order valence-electron chi connectivity index (χ1n) is 9.98. The molecule has 0 spiro atoms. The summed E-state index contributed by atoms with van der Waals surface area (Å²) in [4.78, 5) is 38.4. The Bertz CT molecular complexity index is 1090. The molecule has 4 rings (SSSR count). The molecule has 9 heteroatoms. The zero-order valence-electron chi connectivity index (χ0n) is 17.2. The van der Waals surface area contributed by atoms with Crippen molar-refractivity contribution in [2.24, 2.45) is 0 Å². The summed E-state index contributed by atoms with van der Waals surface area (Å²) in [6, 6.07) is 1.39. The number of benzene rings is 1. The summed E-state index contributed by atoms with van der Waals surface area (Å²) in [5.41, 5.74) is -0.224. The van der Waals surface area contributed by atoms with Crippen LogP contribution in [0.5, 0.6) is 5.75 Å². The molecule has 1 saturated heterocycles. The molecule has 1 aromatic carbocycles. The molecule has 1 unspecified atom stereocenters. The first kappa shape index (κ1) is 20.3. The summed E-state index contributed by atoms with van der Waals surface area (Å²) in [7, 11) is 1.45. The van der Waals surface area contributed by atoms with E-state index in [4.69, 9.17) is 4.74 Å². The maximum atomic E-state index is 15.3. The number of carbonyl (C=O) groups is 2. The fourth-order valence-electron chi connectivity index (χ4n) is 4.04. The highest BCUT2D eigenvalue weighted by Crippen LogP contribution is 2.43. The van der Waals surface area contributed by atoms with Gasteiger partial charge in [0.1, 0.15) is 11.3 Å². The Morgan fingerprint density at radius 1 is 1.30 bits per heavy atom. The van der Waals surface area contributed by atoms with Gasteiger partial charge >= 0.3 is 11.9 Å². The van der Waals surface area contributed by atoms with E-state index >= 15 is 4.39 Å². The van der Waals surface area contributed by atoms with E-state index in [1.54, 1.807) is 4.57 Å². The minimum Gasteiger partial charge on any atom is -0.492 e. The lowest BCUT2D eigenvalue weighted by atomic mass is 10.1. The van der Waals surface area contributed by atoms with Gasteiger partial charge in [-0.25, -0.2) is 9.18 Å². The van der Waals surface area contributed by atoms with Crippen molar-refractivity contribution in [2.75, 3.05) is 31.6 Å². The SMILES string of the molecule is COc1c(N2CCNC(C)C2)c(F)cc2c(=O)c(C(=O)OC(C)=O)cn(C3CC3)c12. The lowest BCUT2D eigenvalue weighted by Crippen LogP contribution is -2.49. The van der Waals surface area contributed by atoms with E-state index in [-0.39, 0.29) is 28.8 Å². The van der Waals surface area contributed by atoms with E-state index in [9.17, 15) is 14.4 Å². The van der Waals surface area contributed by atoms with Gasteiger partial charge in [0.2, 0.25) is 5.43 Å². The quantitative estimate of drug-likeness (QED) is 0.601. The average molecular weight is 417 g/mol. The first-order valence-corrected chi connectivity index (χ1v) is 9.98. The largest absolute Gasteiger partial charge is 0.492 e. The monoisotopic (exact) mass is 417 g/mol. The Hall–Kier alpha value is -2.94. The third-order valence-corrected chi connectivity index (χ3v) is 5.48. The minimum atomic E-state index is -1.04. The number of aromatic nitrogens is 1. The molecule has 1 saturated carbocycles. The van der Waals surface area contributed by atoms with Gasteiger partial charge < -0.3 is 24.3 Å². The molecule has 1 aromatic heterocycles. The third kappa shape index (κ3) is 3.54. The number of rotatable bonds is 4. The number of carbonyl (C=O) groups excluding carboxylic acids is 2. The molecule has 0 amide bonds. The second-order valence-corrected chi connectivity index (χ2v) is 7.83. The number of fused-ring (bicyclic) bond motifs is 1. The fourth-order valence-corrected chi connectivity index (χ4v) is 4.04. The summed E-state index contributed by atoms with van der Waals surface area (Å²) in [6.45, 7) is 4.99. The van der Waals surface area contributed by atoms with Crippen LogP contribution in [0.1, 0.15) is 43.1 Å². The van der Waals surface area contributed by atoms with Crippen LogP contribution in [-0.2, 0) is 9.53 Å². The number of anilines is 1. The number of pyridine rings is 1. The molecule has 1 aliphatic carbocycles. The van der Waals surface area contributed by atoms with Gasteiger partial charge in [-0.3, -0.25) is 9.59 Å². The fraction of sp³-hybridized carbons (Fsp3) is 0.476. The molecule has 2 aliphatic rings. The number of nitrogens with one attached hydrogen (secondary N) is 1. The summed E-state index contributed by atoms with van der Waals surface area (Å²) in [6.07, 6.45) is 3.12. The van der Waals surface area contributed by atoms with Gasteiger partial charge in [0.15, 0.2) is 11.6 Å². The van der Waals surface area contributed by atoms with Crippen LogP contribution in [0.2, 0.25) is 0 Å². The Morgan fingerprint density at radius 2 is 2.03 bits per heavy atom. The molecule has 2 aromatic rings. The predicted octanol–water partition coefficient (Wildman–Crippen LogP) is 1.99. The van der Waals surface area contributed by atoms with Crippen molar-refractivity contribution in [2.45, 2.75) is 38.8 Å². The smallest absolute Gasteiger partial charge is 0.351 e. The van der Waals surface area contributed by atoms with Gasteiger partial charge in [0.25, 0.3) is 0 Å². The molecule has 0 bridgehead atoms. The summed E-state index contributed by atoms with van der Waals surface area (Å²) in [5.74, 6) is -2.17. The van der Waals surface area contributed by atoms with Crippen LogP contribution in [0.25, 0.3) is 10.9 Å². The second kappa shape index (κ2) is 7.71. The molecule has 1 N–H and O–H groups in total. The lowest BCUT2D eigenvalue weighted by molar-refractivity contribution is -0.135. The standard InChI is InChI=1S/C21H24FN3O5/c1-11-9-24(7-6-23-11)18-16(22)8-14-17(20(18)29-3)25(13-4-5-13)10-15(19(14)27)21(28)30-12(2)26/h8,10-11,13,23H,4-7,9H2,1-3H3. The molecule has 1 aliphatic heterocycles. The van der Waals surface area contributed by atoms with Crippen molar-refractivity contribution in [3.63, 3.8) is 0 Å². The number of hydrogen-bond donors (Lipinski definition) is 1. The minimum absolute atomic E-state index is 0.0289. The van der Waals surface area contributed by atoms with Crippen LogP contribution in [-0.4, -0.2) is 49.3 Å². The number of methoxy groups -OCH3 is 1. The molecule has 2 heterocycles. The molecule has 0 radical (unpaired) electrons. The number of piperazine rings is 1. The van der Waals surface area contributed by atoms with Crippen LogP contribution in [0.3, 0.4) is 0 Å². The first-order chi connectivity index (χ1) is 14.3. The predicted molar refractivity (Wildman–Crippen MR) is 109 cm³/mol. The number of hydrogen-bond acceptors (Lipinski definition) is 7. The van der Waals surface area contributed by atoms with Crippen molar-refractivity contribution in [1.82, 2.24) is 9.88 Å². The Labute approximate surface area is 172 Å². The molecular weight excluding hydrogens is 393 g/mol.